The van der Waals surface area contributed by atoms with E-state index in [1.165, 1.54) is 4.31 Å². The van der Waals surface area contributed by atoms with Gasteiger partial charge in [0, 0.05) is 13.1 Å². The van der Waals surface area contributed by atoms with E-state index in [9.17, 15) is 13.2 Å². The van der Waals surface area contributed by atoms with Crippen molar-refractivity contribution >= 4 is 16.3 Å². The van der Waals surface area contributed by atoms with Gasteiger partial charge in [-0.05, 0) is 39.3 Å². The molecule has 7 nitrogen and oxygen atoms in total. The second kappa shape index (κ2) is 6.91. The van der Waals surface area contributed by atoms with Crippen molar-refractivity contribution in [3.05, 3.63) is 0 Å². The summed E-state index contributed by atoms with van der Waals surface area (Å²) in [5.74, 6) is 0.280. The summed E-state index contributed by atoms with van der Waals surface area (Å²) >= 11 is 0. The lowest BCUT2D eigenvalue weighted by molar-refractivity contribution is 0.157. The van der Waals surface area contributed by atoms with Gasteiger partial charge in [0.2, 0.25) is 0 Å². The van der Waals surface area contributed by atoms with Crippen LogP contribution < -0.4 is 10.0 Å². The van der Waals surface area contributed by atoms with Crippen LogP contribution in [-0.4, -0.2) is 52.1 Å². The fourth-order valence-electron chi connectivity index (χ4n) is 2.03. The molecule has 0 radical (unpaired) electrons. The number of rotatable bonds is 5. The third kappa shape index (κ3) is 4.43. The van der Waals surface area contributed by atoms with Gasteiger partial charge in [0.05, 0.1) is 6.61 Å². The molecule has 2 N–H and O–H groups in total. The number of ether oxygens (including phenoxy) is 1. The van der Waals surface area contributed by atoms with Crippen LogP contribution in [-0.2, 0) is 14.9 Å². The molecule has 106 valence electrons. The Morgan fingerprint density at radius 1 is 1.50 bits per heavy atom. The van der Waals surface area contributed by atoms with Gasteiger partial charge in [0.1, 0.15) is 0 Å². The van der Waals surface area contributed by atoms with E-state index in [0.717, 1.165) is 19.4 Å². The van der Waals surface area contributed by atoms with Crippen molar-refractivity contribution in [2.24, 2.45) is 5.92 Å². The first-order valence-corrected chi connectivity index (χ1v) is 7.52. The van der Waals surface area contributed by atoms with Gasteiger partial charge in [-0.3, -0.25) is 0 Å². The molecule has 0 aromatic rings. The standard InChI is InChI=1S/C10H21N3O4S/c1-3-17-10(14)12-18(15,16)13-6-4-5-9(8-13)7-11-2/h9,11H,3-8H2,1-2H3,(H,12,14). The molecule has 1 saturated heterocycles. The molecule has 0 bridgehead atoms. The summed E-state index contributed by atoms with van der Waals surface area (Å²) in [6, 6.07) is 0. The molecule has 1 atom stereocenters. The molecular weight excluding hydrogens is 258 g/mol. The third-order valence-corrected chi connectivity index (χ3v) is 4.24. The van der Waals surface area contributed by atoms with Crippen molar-refractivity contribution in [2.75, 3.05) is 33.3 Å². The van der Waals surface area contributed by atoms with Crippen LogP contribution in [0.4, 0.5) is 4.79 Å². The molecule has 1 aliphatic heterocycles. The van der Waals surface area contributed by atoms with Gasteiger partial charge in [0.25, 0.3) is 0 Å². The first-order valence-electron chi connectivity index (χ1n) is 6.08. The fourth-order valence-corrected chi connectivity index (χ4v) is 3.21. The summed E-state index contributed by atoms with van der Waals surface area (Å²) < 4.78 is 31.6. The number of nitrogens with one attached hydrogen (secondary N) is 2. The molecule has 1 rings (SSSR count). The number of hydrogen-bond acceptors (Lipinski definition) is 5. The second-order valence-corrected chi connectivity index (χ2v) is 5.92. The fraction of sp³-hybridized carbons (Fsp3) is 0.900. The van der Waals surface area contributed by atoms with Gasteiger partial charge in [-0.15, -0.1) is 0 Å². The van der Waals surface area contributed by atoms with E-state index in [1.54, 1.807) is 6.92 Å². The highest BCUT2D eigenvalue weighted by atomic mass is 32.2. The number of hydrogen-bond donors (Lipinski definition) is 2. The van der Waals surface area contributed by atoms with Crippen LogP contribution in [0, 0.1) is 5.92 Å². The zero-order chi connectivity index (χ0) is 13.6. The number of amides is 1. The normalized spacial score (nSPS) is 21.6. The van der Waals surface area contributed by atoms with E-state index in [2.05, 4.69) is 10.1 Å². The van der Waals surface area contributed by atoms with Gasteiger partial charge in [-0.2, -0.15) is 12.7 Å². The zero-order valence-electron chi connectivity index (χ0n) is 10.8. The van der Waals surface area contributed by atoms with Crippen molar-refractivity contribution in [2.45, 2.75) is 19.8 Å². The predicted octanol–water partition coefficient (Wildman–Crippen LogP) is -0.0913. The minimum absolute atomic E-state index is 0.143. The van der Waals surface area contributed by atoms with Crippen molar-refractivity contribution in [3.8, 4) is 0 Å². The molecule has 1 amide bonds. The molecular formula is C10H21N3O4S. The molecule has 18 heavy (non-hydrogen) atoms. The zero-order valence-corrected chi connectivity index (χ0v) is 11.6. The van der Waals surface area contributed by atoms with Gasteiger partial charge in [-0.25, -0.2) is 9.52 Å². The third-order valence-electron chi connectivity index (χ3n) is 2.80. The van der Waals surface area contributed by atoms with Gasteiger partial charge in [0.15, 0.2) is 0 Å². The van der Waals surface area contributed by atoms with E-state index in [1.807, 2.05) is 11.8 Å². The molecule has 1 unspecified atom stereocenters. The Bertz CT molecular complexity index is 369. The highest BCUT2D eigenvalue weighted by Crippen LogP contribution is 2.17. The Morgan fingerprint density at radius 3 is 2.83 bits per heavy atom. The average molecular weight is 279 g/mol. The number of piperidine rings is 1. The van der Waals surface area contributed by atoms with Crippen molar-refractivity contribution in [3.63, 3.8) is 0 Å². The summed E-state index contributed by atoms with van der Waals surface area (Å²) in [5, 5.41) is 3.04. The Labute approximate surface area is 108 Å². The van der Waals surface area contributed by atoms with Gasteiger partial charge >= 0.3 is 16.3 Å². The maximum absolute atomic E-state index is 11.9. The average Bonchev–Trinajstić information content (AvgIpc) is 2.29. The lowest BCUT2D eigenvalue weighted by Gasteiger charge is -2.31. The van der Waals surface area contributed by atoms with Crippen LogP contribution in [0.15, 0.2) is 0 Å². The van der Waals surface area contributed by atoms with Gasteiger partial charge < -0.3 is 10.1 Å². The van der Waals surface area contributed by atoms with Crippen molar-refractivity contribution < 1.29 is 17.9 Å². The maximum Gasteiger partial charge on any atom is 0.421 e. The Balaban J connectivity index is 2.58. The summed E-state index contributed by atoms with van der Waals surface area (Å²) in [5.41, 5.74) is 0. The molecule has 0 spiro atoms. The predicted molar refractivity (Wildman–Crippen MR) is 67.3 cm³/mol. The molecule has 1 aliphatic rings. The topological polar surface area (TPSA) is 87.7 Å². The Morgan fingerprint density at radius 2 is 2.22 bits per heavy atom. The Kier molecular flexibility index (Phi) is 5.83. The summed E-state index contributed by atoms with van der Waals surface area (Å²) in [7, 11) is -1.94. The first-order chi connectivity index (χ1) is 8.49. The number of carbonyl (C=O) groups is 1. The van der Waals surface area contributed by atoms with Gasteiger partial charge in [-0.1, -0.05) is 0 Å². The molecule has 1 fully saturated rings. The quantitative estimate of drug-likeness (QED) is 0.734. The molecule has 0 aliphatic carbocycles. The van der Waals surface area contributed by atoms with E-state index in [0.29, 0.717) is 13.1 Å². The maximum atomic E-state index is 11.9. The lowest BCUT2D eigenvalue weighted by Crippen LogP contribution is -2.49. The summed E-state index contributed by atoms with van der Waals surface area (Å²) in [4.78, 5) is 11.2. The largest absolute Gasteiger partial charge is 0.449 e. The van der Waals surface area contributed by atoms with Crippen LogP contribution in [0.25, 0.3) is 0 Å². The van der Waals surface area contributed by atoms with Crippen LogP contribution in [0.3, 0.4) is 0 Å². The summed E-state index contributed by atoms with van der Waals surface area (Å²) in [6.45, 7) is 3.40. The number of nitrogens with zero attached hydrogens (tertiary/aromatic N) is 1. The van der Waals surface area contributed by atoms with Crippen LogP contribution >= 0.6 is 0 Å². The molecule has 1 heterocycles. The van der Waals surface area contributed by atoms with E-state index < -0.39 is 16.3 Å². The minimum atomic E-state index is -3.77. The monoisotopic (exact) mass is 279 g/mol. The second-order valence-electron chi connectivity index (χ2n) is 4.25. The van der Waals surface area contributed by atoms with Crippen molar-refractivity contribution in [1.29, 1.82) is 0 Å². The van der Waals surface area contributed by atoms with Crippen LogP contribution in [0.1, 0.15) is 19.8 Å². The number of carbonyl (C=O) groups excluding carboxylic acids is 1. The SMILES string of the molecule is CCOC(=O)NS(=O)(=O)N1CCCC(CNC)C1. The van der Waals surface area contributed by atoms with E-state index >= 15 is 0 Å². The molecule has 0 saturated carbocycles. The summed E-state index contributed by atoms with van der Waals surface area (Å²) in [6.07, 6.45) is 0.871. The molecule has 8 heteroatoms. The highest BCUT2D eigenvalue weighted by molar-refractivity contribution is 7.87. The smallest absolute Gasteiger partial charge is 0.421 e. The molecule has 0 aromatic carbocycles. The van der Waals surface area contributed by atoms with Crippen LogP contribution in [0.2, 0.25) is 0 Å². The lowest BCUT2D eigenvalue weighted by atomic mass is 10.00. The highest BCUT2D eigenvalue weighted by Gasteiger charge is 2.30. The van der Waals surface area contributed by atoms with Crippen LogP contribution in [0.5, 0.6) is 0 Å². The molecule has 0 aromatic heterocycles. The first kappa shape index (κ1) is 15.2. The van der Waals surface area contributed by atoms with Crippen molar-refractivity contribution in [1.82, 2.24) is 14.3 Å². The van der Waals surface area contributed by atoms with E-state index in [4.69, 9.17) is 0 Å². The van der Waals surface area contributed by atoms with E-state index in [-0.39, 0.29) is 12.5 Å². The Hall–Kier alpha value is -0.860. The minimum Gasteiger partial charge on any atom is -0.449 e.